The summed E-state index contributed by atoms with van der Waals surface area (Å²) >= 11 is 0. The van der Waals surface area contributed by atoms with Crippen molar-refractivity contribution in [3.8, 4) is 78.3 Å². The Labute approximate surface area is 501 Å². The van der Waals surface area contributed by atoms with Gasteiger partial charge in [0.15, 0.2) is 0 Å². The van der Waals surface area contributed by atoms with E-state index in [0.29, 0.717) is 0 Å². The van der Waals surface area contributed by atoms with Crippen molar-refractivity contribution in [3.05, 3.63) is 266 Å². The zero-order valence-electron chi connectivity index (χ0n) is 48.1. The molecule has 4 aliphatic heterocycles. The Morgan fingerprint density at radius 1 is 0.279 bits per heavy atom. The molecule has 4 nitrogen and oxygen atoms in total. The van der Waals surface area contributed by atoms with E-state index in [1.807, 2.05) is 7.11 Å². The Balaban J connectivity index is 1.08. The van der Waals surface area contributed by atoms with Gasteiger partial charge in [-0.2, -0.15) is 0 Å². The van der Waals surface area contributed by atoms with Gasteiger partial charge in [0, 0.05) is 46.3 Å². The number of rotatable bonds is 8. The van der Waals surface area contributed by atoms with Crippen molar-refractivity contribution in [2.24, 2.45) is 0 Å². The normalized spacial score (nSPS) is 13.0. The summed E-state index contributed by atoms with van der Waals surface area (Å²) in [5.41, 5.74) is 31.7. The number of benzene rings is 14. The first-order valence-corrected chi connectivity index (χ1v) is 29.9. The molecule has 0 aliphatic carbocycles. The zero-order chi connectivity index (χ0) is 57.1. The van der Waals surface area contributed by atoms with Crippen LogP contribution in [-0.4, -0.2) is 27.6 Å². The molecule has 0 aromatic heterocycles. The fourth-order valence-electron chi connectivity index (χ4n) is 15.8. The molecule has 6 heteroatoms. The molecule has 0 radical (unpaired) electrons. The van der Waals surface area contributed by atoms with Crippen LogP contribution < -0.4 is 52.1 Å². The molecule has 0 spiro atoms. The number of fused-ring (bicyclic) bond motifs is 8. The van der Waals surface area contributed by atoms with Crippen LogP contribution in [0, 0.1) is 13.8 Å². The third kappa shape index (κ3) is 6.84. The van der Waals surface area contributed by atoms with Gasteiger partial charge in [0.2, 0.25) is 13.4 Å². The average Bonchev–Trinajstić information content (AvgIpc) is 0.680. The SMILES string of the molecule is COc1ccc2c(c1)N(c1ccccc1)c1cc(OC)cc3c1B2c1cc2c(-c4ccccc4-c4ccccc4)cc4c5c(cc6c(-c7ccccc7-c7ccccc7)cc-3c1c6c25)B1c2ccc(C)cc2N(c2ccccc2)c2cc(C)cc-4c21. The molecule has 0 N–H and O–H groups in total. The lowest BCUT2D eigenvalue weighted by Gasteiger charge is -2.42. The lowest BCUT2D eigenvalue weighted by molar-refractivity contribution is 0.415. The number of hydrogen-bond donors (Lipinski definition) is 0. The van der Waals surface area contributed by atoms with Crippen LogP contribution in [0.1, 0.15) is 11.1 Å². The predicted octanol–water partition coefficient (Wildman–Crippen LogP) is 16.4. The van der Waals surface area contributed by atoms with Gasteiger partial charge in [0.1, 0.15) is 11.5 Å². The number of anilines is 6. The molecule has 0 fully saturated rings. The second-order valence-corrected chi connectivity index (χ2v) is 23.8. The molecule has 0 atom stereocenters. The van der Waals surface area contributed by atoms with Crippen LogP contribution >= 0.6 is 0 Å². The van der Waals surface area contributed by atoms with E-state index < -0.39 is 0 Å². The minimum Gasteiger partial charge on any atom is -0.497 e. The molecule has 0 unspecified atom stereocenters. The summed E-state index contributed by atoms with van der Waals surface area (Å²) in [5, 5.41) is 7.72. The topological polar surface area (TPSA) is 24.9 Å². The van der Waals surface area contributed by atoms with E-state index in [1.54, 1.807) is 7.11 Å². The lowest BCUT2D eigenvalue weighted by Crippen LogP contribution is -2.60. The van der Waals surface area contributed by atoms with E-state index >= 15 is 0 Å². The molecule has 402 valence electrons. The first kappa shape index (κ1) is 48.9. The highest BCUT2D eigenvalue weighted by molar-refractivity contribution is 7.02. The highest BCUT2D eigenvalue weighted by Gasteiger charge is 2.46. The van der Waals surface area contributed by atoms with E-state index in [-0.39, 0.29) is 13.4 Å². The van der Waals surface area contributed by atoms with Crippen molar-refractivity contribution in [2.75, 3.05) is 24.0 Å². The third-order valence-corrected chi connectivity index (χ3v) is 19.3. The molecule has 0 saturated carbocycles. The fraction of sp³-hybridized carbons (Fsp3) is 0.0500. The van der Waals surface area contributed by atoms with Crippen LogP contribution in [0.15, 0.2) is 255 Å². The molecule has 18 rings (SSSR count). The van der Waals surface area contributed by atoms with Gasteiger partial charge >= 0.3 is 0 Å². The fourth-order valence-corrected chi connectivity index (χ4v) is 15.8. The van der Waals surface area contributed by atoms with Gasteiger partial charge in [-0.3, -0.25) is 0 Å². The van der Waals surface area contributed by atoms with Crippen molar-refractivity contribution >= 4 is 113 Å². The standard InChI is InChI=1S/C80H54B2N2O2/c1-47-33-35-67-71(38-47)83(51-25-13-7-14-26-51)73-39-48(2)37-65-61-43-59(57-31-19-17-29-55(57)49-21-9-5-10-22-49)63-46-70-76-62(66-40-54(86-4)42-74-80(66)82(70)68-36-34-53(85-3)41-72(68)84(74)52-27-15-8-16-28-52)44-60(58-32-20-18-30-56(58)50-23-11-6-12-24-50)64-45-69(81(67)79(65)73)75(61)77(63)78(64)76/h5-46H,1-4H3. The molecule has 4 aliphatic rings. The first-order chi connectivity index (χ1) is 42.4. The third-order valence-electron chi connectivity index (χ3n) is 19.3. The molecule has 0 bridgehead atoms. The monoisotopic (exact) mass is 1100 g/mol. The highest BCUT2D eigenvalue weighted by atomic mass is 16.5. The van der Waals surface area contributed by atoms with Crippen molar-refractivity contribution in [1.29, 1.82) is 0 Å². The maximum absolute atomic E-state index is 6.45. The summed E-state index contributed by atoms with van der Waals surface area (Å²) < 4.78 is 12.6. The second-order valence-electron chi connectivity index (χ2n) is 23.8. The van der Waals surface area contributed by atoms with E-state index in [9.17, 15) is 0 Å². The van der Waals surface area contributed by atoms with Gasteiger partial charge in [-0.15, -0.1) is 0 Å². The largest absolute Gasteiger partial charge is 0.497 e. The summed E-state index contributed by atoms with van der Waals surface area (Å²) in [6, 6.07) is 95.9. The summed E-state index contributed by atoms with van der Waals surface area (Å²) in [5.74, 6) is 1.62. The van der Waals surface area contributed by atoms with E-state index in [2.05, 4.69) is 278 Å². The summed E-state index contributed by atoms with van der Waals surface area (Å²) in [6.07, 6.45) is 0. The van der Waals surface area contributed by atoms with Gasteiger partial charge in [-0.25, -0.2) is 0 Å². The quantitative estimate of drug-likeness (QED) is 0.112. The molecule has 4 heterocycles. The van der Waals surface area contributed by atoms with Gasteiger partial charge < -0.3 is 19.3 Å². The molecular weight excluding hydrogens is 1040 g/mol. The van der Waals surface area contributed by atoms with E-state index in [4.69, 9.17) is 9.47 Å². The van der Waals surface area contributed by atoms with Crippen molar-refractivity contribution < 1.29 is 9.47 Å². The average molecular weight is 1100 g/mol. The van der Waals surface area contributed by atoms with Crippen LogP contribution in [0.4, 0.5) is 34.1 Å². The Morgan fingerprint density at radius 2 is 0.698 bits per heavy atom. The van der Waals surface area contributed by atoms with E-state index in [0.717, 1.165) is 34.2 Å². The first-order valence-electron chi connectivity index (χ1n) is 29.9. The second kappa shape index (κ2) is 18.5. The van der Waals surface area contributed by atoms with Gasteiger partial charge in [0.05, 0.1) is 14.2 Å². The predicted molar refractivity (Wildman–Crippen MR) is 364 cm³/mol. The van der Waals surface area contributed by atoms with Gasteiger partial charge in [-0.05, 0) is 207 Å². The number of ether oxygens (including phenoxy) is 2. The minimum absolute atomic E-state index is 0.0706. The zero-order valence-corrected chi connectivity index (χ0v) is 48.1. The van der Waals surface area contributed by atoms with Crippen molar-refractivity contribution in [2.45, 2.75) is 13.8 Å². The molecular formula is C80H54B2N2O2. The maximum Gasteiger partial charge on any atom is 0.248 e. The molecule has 14 aromatic rings. The Bertz CT molecular complexity index is 5180. The highest BCUT2D eigenvalue weighted by Crippen LogP contribution is 2.54. The Hall–Kier alpha value is -10.6. The van der Waals surface area contributed by atoms with E-state index in [1.165, 1.54) is 154 Å². The maximum atomic E-state index is 6.45. The molecule has 0 amide bonds. The Kier molecular flexibility index (Phi) is 10.5. The smallest absolute Gasteiger partial charge is 0.248 e. The number of hydrogen-bond acceptors (Lipinski definition) is 4. The number of methoxy groups -OCH3 is 2. The Morgan fingerprint density at radius 3 is 1.21 bits per heavy atom. The van der Waals surface area contributed by atoms with Crippen LogP contribution in [0.3, 0.4) is 0 Å². The molecule has 86 heavy (non-hydrogen) atoms. The van der Waals surface area contributed by atoms with Crippen LogP contribution in [-0.2, 0) is 0 Å². The number of nitrogens with zero attached hydrogens (tertiary/aromatic N) is 2. The molecule has 0 saturated heterocycles. The van der Waals surface area contributed by atoms with Gasteiger partial charge in [-0.1, -0.05) is 193 Å². The lowest BCUT2D eigenvalue weighted by atomic mass is 9.31. The molecule has 14 aromatic carbocycles. The van der Waals surface area contributed by atoms with Crippen LogP contribution in [0.2, 0.25) is 0 Å². The number of aryl methyl sites for hydroxylation is 2. The summed E-state index contributed by atoms with van der Waals surface area (Å²) in [6.45, 7) is 4.30. The summed E-state index contributed by atoms with van der Waals surface area (Å²) in [7, 11) is 3.58. The van der Waals surface area contributed by atoms with Gasteiger partial charge in [0.25, 0.3) is 0 Å². The van der Waals surface area contributed by atoms with Crippen molar-refractivity contribution in [3.63, 3.8) is 0 Å². The number of para-hydroxylation sites is 2. The summed E-state index contributed by atoms with van der Waals surface area (Å²) in [4.78, 5) is 4.98. The van der Waals surface area contributed by atoms with Crippen molar-refractivity contribution in [1.82, 2.24) is 0 Å². The van der Waals surface area contributed by atoms with Crippen LogP contribution in [0.25, 0.3) is 99.1 Å². The minimum atomic E-state index is -0.152. The van der Waals surface area contributed by atoms with Crippen LogP contribution in [0.5, 0.6) is 11.5 Å².